The van der Waals surface area contributed by atoms with Crippen molar-refractivity contribution >= 4 is 27.6 Å². The van der Waals surface area contributed by atoms with Gasteiger partial charge in [-0.1, -0.05) is 41.9 Å². The first kappa shape index (κ1) is 22.2. The van der Waals surface area contributed by atoms with E-state index >= 15 is 0 Å². The van der Waals surface area contributed by atoms with E-state index in [0.717, 1.165) is 5.56 Å². The lowest BCUT2D eigenvalue weighted by Gasteiger charge is -2.22. The fraction of sp³-hybridized carbons (Fsp3) is 0.350. The van der Waals surface area contributed by atoms with Crippen LogP contribution in [0, 0.1) is 0 Å². The molecule has 0 heterocycles. The first-order valence-corrected chi connectivity index (χ1v) is 10.8. The van der Waals surface area contributed by atoms with E-state index < -0.39 is 15.6 Å². The number of hydrogen-bond donors (Lipinski definition) is 3. The highest BCUT2D eigenvalue weighted by Crippen LogP contribution is 2.17. The second-order valence-electron chi connectivity index (χ2n) is 7.37. The molecule has 0 fully saturated rings. The summed E-state index contributed by atoms with van der Waals surface area (Å²) >= 11 is 5.90. The van der Waals surface area contributed by atoms with Crippen LogP contribution in [0.15, 0.2) is 58.4 Å². The molecule has 0 aliphatic rings. The fourth-order valence-electron chi connectivity index (χ4n) is 2.56. The summed E-state index contributed by atoms with van der Waals surface area (Å²) in [7, 11) is -1.96. The highest BCUT2D eigenvalue weighted by molar-refractivity contribution is 7.89. The predicted octanol–water partition coefficient (Wildman–Crippen LogP) is 3.28. The highest BCUT2D eigenvalue weighted by atomic mass is 35.5. The van der Waals surface area contributed by atoms with Crippen LogP contribution in [0.2, 0.25) is 5.02 Å². The molecule has 2 aromatic carbocycles. The number of guanidine groups is 1. The molecule has 0 unspecified atom stereocenters. The summed E-state index contributed by atoms with van der Waals surface area (Å²) in [6.07, 6.45) is 0. The molecule has 0 saturated heterocycles. The van der Waals surface area contributed by atoms with Gasteiger partial charge in [0.05, 0.1) is 4.90 Å². The zero-order valence-corrected chi connectivity index (χ0v) is 18.2. The zero-order valence-electron chi connectivity index (χ0n) is 16.6. The van der Waals surface area contributed by atoms with Crippen molar-refractivity contribution in [3.05, 3.63) is 64.7 Å². The number of aliphatic imine (C=N–C) groups is 1. The van der Waals surface area contributed by atoms with Gasteiger partial charge in [0.2, 0.25) is 10.0 Å². The van der Waals surface area contributed by atoms with E-state index in [-0.39, 0.29) is 4.90 Å². The minimum absolute atomic E-state index is 0.255. The molecule has 8 heteroatoms. The van der Waals surface area contributed by atoms with E-state index in [2.05, 4.69) is 20.3 Å². The first-order valence-electron chi connectivity index (χ1n) is 8.91. The monoisotopic (exact) mass is 422 g/mol. The van der Waals surface area contributed by atoms with E-state index in [1.54, 1.807) is 25.2 Å². The van der Waals surface area contributed by atoms with Crippen LogP contribution in [-0.4, -0.2) is 27.0 Å². The van der Waals surface area contributed by atoms with Crippen LogP contribution >= 0.6 is 11.6 Å². The van der Waals surface area contributed by atoms with Crippen LogP contribution in [-0.2, 0) is 23.1 Å². The van der Waals surface area contributed by atoms with Crippen LogP contribution in [0.25, 0.3) is 0 Å². The second-order valence-corrected chi connectivity index (χ2v) is 9.46. The number of nitrogens with one attached hydrogen (secondary N) is 3. The molecule has 0 radical (unpaired) electrons. The quantitative estimate of drug-likeness (QED) is 0.492. The number of halogens is 1. The smallest absolute Gasteiger partial charge is 0.241 e. The summed E-state index contributed by atoms with van der Waals surface area (Å²) in [6.45, 7) is 6.33. The molecule has 0 spiro atoms. The number of hydrogen-bond acceptors (Lipinski definition) is 3. The highest BCUT2D eigenvalue weighted by Gasteiger charge is 2.24. The van der Waals surface area contributed by atoms with Gasteiger partial charge in [0.25, 0.3) is 0 Å². The van der Waals surface area contributed by atoms with Crippen LogP contribution in [0.1, 0.15) is 31.9 Å². The van der Waals surface area contributed by atoms with Gasteiger partial charge in [-0.3, -0.25) is 4.99 Å². The van der Waals surface area contributed by atoms with Gasteiger partial charge in [-0.05, 0) is 50.1 Å². The number of benzene rings is 2. The Morgan fingerprint density at radius 3 is 2.21 bits per heavy atom. The first-order chi connectivity index (χ1) is 13.1. The molecular weight excluding hydrogens is 396 g/mol. The van der Waals surface area contributed by atoms with E-state index in [1.165, 1.54) is 0 Å². The average Bonchev–Trinajstić information content (AvgIpc) is 2.61. The van der Waals surface area contributed by atoms with Gasteiger partial charge >= 0.3 is 0 Å². The topological polar surface area (TPSA) is 82.6 Å². The van der Waals surface area contributed by atoms with E-state index in [1.807, 2.05) is 51.1 Å². The third-order valence-electron chi connectivity index (χ3n) is 3.75. The zero-order chi connectivity index (χ0) is 20.8. The summed E-state index contributed by atoms with van der Waals surface area (Å²) in [5, 5.41) is 7.05. The van der Waals surface area contributed by atoms with Crippen molar-refractivity contribution < 1.29 is 8.42 Å². The summed E-state index contributed by atoms with van der Waals surface area (Å²) in [5.74, 6) is 0.575. The molecule has 0 aliphatic carbocycles. The lowest BCUT2D eigenvalue weighted by molar-refractivity contribution is 0.491. The lowest BCUT2D eigenvalue weighted by Crippen LogP contribution is -2.41. The minimum atomic E-state index is -3.63. The Kier molecular flexibility index (Phi) is 7.46. The van der Waals surface area contributed by atoms with Crippen molar-refractivity contribution in [1.82, 2.24) is 15.4 Å². The maximum atomic E-state index is 12.7. The van der Waals surface area contributed by atoms with Crippen molar-refractivity contribution in [2.24, 2.45) is 4.99 Å². The largest absolute Gasteiger partial charge is 0.352 e. The Hall–Kier alpha value is -2.09. The Balaban J connectivity index is 2.06. The predicted molar refractivity (Wildman–Crippen MR) is 115 cm³/mol. The minimum Gasteiger partial charge on any atom is -0.352 e. The van der Waals surface area contributed by atoms with Gasteiger partial charge in [-0.15, -0.1) is 0 Å². The van der Waals surface area contributed by atoms with Gasteiger partial charge in [-0.2, -0.15) is 0 Å². The van der Waals surface area contributed by atoms with E-state index in [9.17, 15) is 8.42 Å². The molecule has 28 heavy (non-hydrogen) atoms. The van der Waals surface area contributed by atoms with Crippen molar-refractivity contribution in [3.63, 3.8) is 0 Å². The Labute approximate surface area is 172 Å². The molecule has 0 aromatic heterocycles. The standard InChI is InChI=1S/C20H27ClN4O2S/c1-20(2,3)25-28(26,27)18-8-6-5-7-16(18)14-24-19(22-4)23-13-15-9-11-17(21)12-10-15/h5-12,25H,13-14H2,1-4H3,(H2,22,23,24). The summed E-state index contributed by atoms with van der Waals surface area (Å²) < 4.78 is 28.1. The van der Waals surface area contributed by atoms with Gasteiger partial charge < -0.3 is 10.6 Å². The van der Waals surface area contributed by atoms with Gasteiger partial charge in [0, 0.05) is 30.7 Å². The Morgan fingerprint density at radius 1 is 1.00 bits per heavy atom. The van der Waals surface area contributed by atoms with Crippen LogP contribution < -0.4 is 15.4 Å². The SMILES string of the molecule is CN=C(NCc1ccc(Cl)cc1)NCc1ccccc1S(=O)(=O)NC(C)(C)C. The van der Waals surface area contributed by atoms with E-state index in [0.29, 0.717) is 29.6 Å². The molecule has 0 amide bonds. The average molecular weight is 423 g/mol. The lowest BCUT2D eigenvalue weighted by atomic mass is 10.1. The molecule has 3 N–H and O–H groups in total. The second kappa shape index (κ2) is 9.41. The van der Waals surface area contributed by atoms with E-state index in [4.69, 9.17) is 11.6 Å². The molecule has 0 saturated carbocycles. The molecule has 0 bridgehead atoms. The maximum absolute atomic E-state index is 12.7. The van der Waals surface area contributed by atoms with Crippen molar-refractivity contribution in [3.8, 4) is 0 Å². The van der Waals surface area contributed by atoms with Gasteiger partial charge in [0.1, 0.15) is 0 Å². The normalized spacial score (nSPS) is 12.7. The van der Waals surface area contributed by atoms with Crippen molar-refractivity contribution in [1.29, 1.82) is 0 Å². The molecule has 0 aliphatic heterocycles. The molecule has 0 atom stereocenters. The fourth-order valence-corrected chi connectivity index (χ4v) is 4.34. The number of rotatable bonds is 6. The van der Waals surface area contributed by atoms with Crippen LogP contribution in [0.3, 0.4) is 0 Å². The summed E-state index contributed by atoms with van der Waals surface area (Å²) in [4.78, 5) is 4.45. The third kappa shape index (κ3) is 6.82. The molecule has 2 aromatic rings. The Bertz CT molecular complexity index is 920. The van der Waals surface area contributed by atoms with Crippen LogP contribution in [0.5, 0.6) is 0 Å². The number of sulfonamides is 1. The third-order valence-corrected chi connectivity index (χ3v) is 5.86. The molecule has 2 rings (SSSR count). The number of nitrogens with zero attached hydrogens (tertiary/aromatic N) is 1. The summed E-state index contributed by atoms with van der Waals surface area (Å²) in [5.41, 5.74) is 1.16. The molecule has 6 nitrogen and oxygen atoms in total. The maximum Gasteiger partial charge on any atom is 0.241 e. The van der Waals surface area contributed by atoms with Gasteiger partial charge in [0.15, 0.2) is 5.96 Å². The molecular formula is C20H27ClN4O2S. The Morgan fingerprint density at radius 2 is 1.61 bits per heavy atom. The molecule has 152 valence electrons. The van der Waals surface area contributed by atoms with Crippen LogP contribution in [0.4, 0.5) is 0 Å². The van der Waals surface area contributed by atoms with Gasteiger partial charge in [-0.25, -0.2) is 13.1 Å². The summed E-state index contributed by atoms with van der Waals surface area (Å²) in [6, 6.07) is 14.5. The van der Waals surface area contributed by atoms with Crippen molar-refractivity contribution in [2.45, 2.75) is 44.3 Å². The van der Waals surface area contributed by atoms with Crippen molar-refractivity contribution in [2.75, 3.05) is 7.05 Å².